The Morgan fingerprint density at radius 2 is 1.23 bits per heavy atom. The molecule has 13 heteroatoms. The number of hydrogen-bond donors (Lipinski definition) is 3. The normalized spacial score (nSPS) is 20.2. The Labute approximate surface area is 314 Å². The molecule has 52 heavy (non-hydrogen) atoms. The molecular weight excluding hydrogens is 700 g/mol. The van der Waals surface area contributed by atoms with E-state index >= 15 is 0 Å². The van der Waals surface area contributed by atoms with Crippen LogP contribution in [-0.4, -0.2) is 60.8 Å². The van der Waals surface area contributed by atoms with Gasteiger partial charge in [-0.15, -0.1) is 10.2 Å². The number of nitrogens with one attached hydrogen (secondary N) is 2. The zero-order chi connectivity index (χ0) is 37.2. The summed E-state index contributed by atoms with van der Waals surface area (Å²) in [4.78, 5) is 19.5. The first-order chi connectivity index (χ1) is 25.8. The van der Waals surface area contributed by atoms with E-state index in [2.05, 4.69) is 20.6 Å². The van der Waals surface area contributed by atoms with Crippen molar-refractivity contribution in [2.75, 3.05) is 17.8 Å². The van der Waals surface area contributed by atoms with Gasteiger partial charge in [-0.3, -0.25) is 4.39 Å². The first-order valence-electron chi connectivity index (χ1n) is 18.3. The van der Waals surface area contributed by atoms with E-state index in [1.54, 1.807) is 0 Å². The average Bonchev–Trinajstić information content (AvgIpc) is 3.78. The molecular formula is C39H44Cl2FN9O. The van der Waals surface area contributed by atoms with Crippen molar-refractivity contribution in [1.29, 1.82) is 0 Å². The molecule has 0 atom stereocenters. The molecule has 0 spiro atoms. The van der Waals surface area contributed by atoms with Crippen LogP contribution in [0.3, 0.4) is 0 Å². The zero-order valence-corrected chi connectivity index (χ0v) is 30.4. The molecule has 0 aliphatic heterocycles. The molecule has 2 aromatic carbocycles. The lowest BCUT2D eigenvalue weighted by Gasteiger charge is -2.28. The van der Waals surface area contributed by atoms with Crippen LogP contribution >= 0.6 is 23.2 Å². The highest BCUT2D eigenvalue weighted by atomic mass is 35.5. The molecule has 10 nitrogen and oxygen atoms in total. The third-order valence-corrected chi connectivity index (χ3v) is 10.2. The van der Waals surface area contributed by atoms with E-state index in [1.165, 1.54) is 0 Å². The first kappa shape index (κ1) is 35.8. The second-order valence-corrected chi connectivity index (χ2v) is 14.2. The summed E-state index contributed by atoms with van der Waals surface area (Å²) >= 11 is 12.2. The van der Waals surface area contributed by atoms with Crippen LogP contribution in [-0.2, 0) is 4.79 Å². The SMILES string of the molecule is NC1CCC(Nc2ccc3ncc(-c4cccc(Cl)c4)n3n2)CC1.O=CCC1CCC(Nc2ccc3ncc(-c4cccc(Cl)c4)n3n2)CC1.[2H]CF. The molecule has 0 bridgehead atoms. The second-order valence-electron chi connectivity index (χ2n) is 13.3. The number of carbonyl (C=O) groups is 1. The van der Waals surface area contributed by atoms with E-state index in [9.17, 15) is 9.18 Å². The topological polar surface area (TPSA) is 128 Å². The van der Waals surface area contributed by atoms with Crippen molar-refractivity contribution in [3.63, 3.8) is 0 Å². The lowest BCUT2D eigenvalue weighted by molar-refractivity contribution is -0.108. The van der Waals surface area contributed by atoms with Gasteiger partial charge in [0.25, 0.3) is 0 Å². The minimum atomic E-state index is -1.00. The second kappa shape index (κ2) is 17.8. The lowest BCUT2D eigenvalue weighted by Crippen LogP contribution is -2.33. The summed E-state index contributed by atoms with van der Waals surface area (Å²) in [6.07, 6.45) is 14.0. The summed E-state index contributed by atoms with van der Waals surface area (Å²) in [6.45, 7) is 0. The van der Waals surface area contributed by atoms with Gasteiger partial charge in [-0.05, 0) is 106 Å². The van der Waals surface area contributed by atoms with Gasteiger partial charge in [-0.2, -0.15) is 0 Å². The molecule has 272 valence electrons. The number of aldehydes is 1. The molecule has 4 aromatic heterocycles. The lowest BCUT2D eigenvalue weighted by atomic mass is 9.84. The van der Waals surface area contributed by atoms with Crippen LogP contribution < -0.4 is 16.4 Å². The van der Waals surface area contributed by atoms with Gasteiger partial charge >= 0.3 is 0 Å². The molecule has 2 aliphatic carbocycles. The van der Waals surface area contributed by atoms with Gasteiger partial charge in [0.05, 0.1) is 32.3 Å². The maximum atomic E-state index is 10.7. The molecule has 0 amide bonds. The number of benzene rings is 2. The number of anilines is 2. The third-order valence-electron chi connectivity index (χ3n) is 9.72. The molecule has 0 saturated heterocycles. The fraction of sp³-hybridized carbons (Fsp3) is 0.359. The Hall–Kier alpha value is -4.58. The van der Waals surface area contributed by atoms with Crippen LogP contribution in [0.5, 0.6) is 0 Å². The quantitative estimate of drug-likeness (QED) is 0.132. The molecule has 0 radical (unpaired) electrons. The number of carbonyl (C=O) groups excluding carboxylic acids is 1. The Kier molecular flexibility index (Phi) is 12.2. The van der Waals surface area contributed by atoms with Gasteiger partial charge in [0.2, 0.25) is 0 Å². The summed E-state index contributed by atoms with van der Waals surface area (Å²) in [5.74, 6) is 2.26. The monoisotopic (exact) mass is 744 g/mol. The number of fused-ring (bicyclic) bond motifs is 2. The zero-order valence-electron chi connectivity index (χ0n) is 29.8. The minimum Gasteiger partial charge on any atom is -0.366 e. The number of aromatic nitrogens is 6. The van der Waals surface area contributed by atoms with Crippen molar-refractivity contribution in [2.45, 2.75) is 75.9 Å². The van der Waals surface area contributed by atoms with E-state index in [1.807, 2.05) is 94.2 Å². The van der Waals surface area contributed by atoms with Crippen molar-refractivity contribution in [2.24, 2.45) is 11.7 Å². The van der Waals surface area contributed by atoms with E-state index in [4.69, 9.17) is 40.5 Å². The van der Waals surface area contributed by atoms with Crippen molar-refractivity contribution in [3.05, 3.63) is 95.2 Å². The van der Waals surface area contributed by atoms with Crippen LogP contribution in [0.25, 0.3) is 33.8 Å². The highest BCUT2D eigenvalue weighted by Crippen LogP contribution is 2.29. The number of alkyl halides is 1. The number of nitrogens with zero attached hydrogens (tertiary/aromatic N) is 6. The average molecular weight is 746 g/mol. The first-order valence-corrected chi connectivity index (χ1v) is 18.4. The highest BCUT2D eigenvalue weighted by molar-refractivity contribution is 6.31. The van der Waals surface area contributed by atoms with Gasteiger partial charge < -0.3 is 21.2 Å². The fourth-order valence-corrected chi connectivity index (χ4v) is 7.33. The Bertz CT molecular complexity index is 2090. The predicted molar refractivity (Wildman–Crippen MR) is 208 cm³/mol. The molecule has 8 rings (SSSR count). The smallest absolute Gasteiger partial charge is 0.154 e. The van der Waals surface area contributed by atoms with Crippen molar-refractivity contribution >= 4 is 52.4 Å². The van der Waals surface area contributed by atoms with E-state index in [0.29, 0.717) is 40.5 Å². The summed E-state index contributed by atoms with van der Waals surface area (Å²) < 4.78 is 19.2. The number of halogens is 3. The standard InChI is InChI=1S/C20H21ClN4O.C18H20ClN5.CH3F/c21-16-3-1-2-15(12-16)18-13-22-20-9-8-19(24-25(18)20)23-17-6-4-14(5-7-17)10-11-26;19-13-3-1-2-12(10-13)16-11-21-18-9-8-17(23-24(16)18)22-15-6-4-14(20)5-7-15;1-2/h1-3,8-9,11-14,17H,4-7,10H2,(H,23,24);1-3,8-11,14-15H,4-7,20H2,(H,22,23);1H3/i;;1D. The summed E-state index contributed by atoms with van der Waals surface area (Å²) in [5.41, 5.74) is 11.4. The molecule has 6 aromatic rings. The van der Waals surface area contributed by atoms with Gasteiger partial charge in [-0.1, -0.05) is 47.5 Å². The number of hydrogen-bond acceptors (Lipinski definition) is 8. The van der Waals surface area contributed by atoms with Crippen molar-refractivity contribution in [3.8, 4) is 22.5 Å². The van der Waals surface area contributed by atoms with Gasteiger partial charge in [0, 0.05) is 45.7 Å². The summed E-state index contributed by atoms with van der Waals surface area (Å²) in [6, 6.07) is 24.6. The fourth-order valence-electron chi connectivity index (χ4n) is 6.95. The molecule has 2 aliphatic rings. The summed E-state index contributed by atoms with van der Waals surface area (Å²) in [7, 11) is -1.00. The van der Waals surface area contributed by atoms with Gasteiger partial charge in [0.15, 0.2) is 11.3 Å². The van der Waals surface area contributed by atoms with E-state index < -0.39 is 7.15 Å². The molecule has 4 N–H and O–H groups in total. The van der Waals surface area contributed by atoms with Crippen LogP contribution in [0.1, 0.15) is 59.2 Å². The maximum absolute atomic E-state index is 10.7. The molecule has 2 saturated carbocycles. The van der Waals surface area contributed by atoms with Gasteiger partial charge in [-0.25, -0.2) is 19.0 Å². The number of imidazole rings is 2. The number of nitrogens with two attached hydrogens (primary N) is 1. The number of rotatable bonds is 8. The van der Waals surface area contributed by atoms with E-state index in [-0.39, 0.29) is 0 Å². The third kappa shape index (κ3) is 9.25. The maximum Gasteiger partial charge on any atom is 0.154 e. The van der Waals surface area contributed by atoms with Crippen LogP contribution in [0.15, 0.2) is 85.2 Å². The Morgan fingerprint density at radius 1 is 0.769 bits per heavy atom. The van der Waals surface area contributed by atoms with Crippen molar-refractivity contribution in [1.82, 2.24) is 29.2 Å². The molecule has 4 heterocycles. The molecule has 2 fully saturated rings. The molecule has 0 unspecified atom stereocenters. The van der Waals surface area contributed by atoms with Crippen molar-refractivity contribution < 1.29 is 10.6 Å². The van der Waals surface area contributed by atoms with E-state index in [0.717, 1.165) is 103 Å². The van der Waals surface area contributed by atoms with Crippen LogP contribution in [0, 0.1) is 5.92 Å². The largest absolute Gasteiger partial charge is 0.366 e. The Balaban J connectivity index is 0.000000169. The summed E-state index contributed by atoms with van der Waals surface area (Å²) in [5, 5.41) is 17.9. The van der Waals surface area contributed by atoms with Gasteiger partial charge in [0.1, 0.15) is 17.9 Å². The van der Waals surface area contributed by atoms with Crippen LogP contribution in [0.4, 0.5) is 16.0 Å². The Morgan fingerprint density at radius 3 is 1.67 bits per heavy atom. The van der Waals surface area contributed by atoms with Crippen LogP contribution in [0.2, 0.25) is 10.0 Å². The predicted octanol–water partition coefficient (Wildman–Crippen LogP) is 8.93. The highest BCUT2D eigenvalue weighted by Gasteiger charge is 2.22. The minimum absolute atomic E-state index is 0.349.